The quantitative estimate of drug-likeness (QED) is 0.477. The van der Waals surface area contributed by atoms with Crippen LogP contribution in [-0.4, -0.2) is 29.6 Å². The van der Waals surface area contributed by atoms with Crippen LogP contribution in [-0.2, 0) is 0 Å². The fourth-order valence-corrected chi connectivity index (χ4v) is 0. The molecule has 0 bridgehead atoms. The third kappa shape index (κ3) is 10.8. The van der Waals surface area contributed by atoms with Crippen LogP contribution in [0.2, 0.25) is 0 Å². The summed E-state index contributed by atoms with van der Waals surface area (Å²) >= 11 is 0. The van der Waals surface area contributed by atoms with Gasteiger partial charge in [0.05, 0.1) is 5.60 Å². The molecule has 0 amide bonds. The van der Waals surface area contributed by atoms with E-state index in [1.807, 2.05) is 6.92 Å². The maximum Gasteiger partial charge on any atom is 0.0589 e. The summed E-state index contributed by atoms with van der Waals surface area (Å²) in [7, 11) is 0. The molecule has 39 valence electrons. The van der Waals surface area contributed by atoms with Crippen LogP contribution in [0.25, 0.3) is 0 Å². The van der Waals surface area contributed by atoms with Crippen molar-refractivity contribution < 1.29 is 5.11 Å². The minimum absolute atomic E-state index is 0. The molecule has 0 heterocycles. The third-order valence-electron chi connectivity index (χ3n) is 0.865. The first-order chi connectivity index (χ1) is 2.56. The summed E-state index contributed by atoms with van der Waals surface area (Å²) in [6, 6.07) is 0. The maximum atomic E-state index is 8.83. The zero-order valence-corrected chi connectivity index (χ0v) is 5.65. The summed E-state index contributed by atoms with van der Waals surface area (Å²) in [5.41, 5.74) is -0.458. The monoisotopic (exact) mass is 95.1 g/mol. The molecule has 0 spiro atoms. The van der Waals surface area contributed by atoms with E-state index in [0.717, 1.165) is 6.42 Å². The topological polar surface area (TPSA) is 20.2 Å². The van der Waals surface area contributed by atoms with Gasteiger partial charge >= 0.3 is 0 Å². The van der Waals surface area contributed by atoms with Gasteiger partial charge in [0.1, 0.15) is 0 Å². The molecule has 0 aromatic carbocycles. The van der Waals surface area contributed by atoms with Gasteiger partial charge in [0, 0.05) is 18.9 Å². The third-order valence-corrected chi connectivity index (χ3v) is 0.865. The Kier molecular flexibility index (Phi) is 5.33. The zero-order valence-electron chi connectivity index (χ0n) is 5.65. The molecule has 1 nitrogen and oxygen atoms in total. The molecule has 0 aliphatic carbocycles. The van der Waals surface area contributed by atoms with E-state index < -0.39 is 5.60 Å². The van der Waals surface area contributed by atoms with Gasteiger partial charge < -0.3 is 5.11 Å². The molecule has 1 radical (unpaired) electrons. The largest absolute Gasteiger partial charge is 0.390 e. The van der Waals surface area contributed by atoms with Crippen LogP contribution >= 0.6 is 0 Å². The number of hydrogen-bond donors (Lipinski definition) is 1. The molecule has 0 aromatic rings. The molecule has 7 heavy (non-hydrogen) atoms. The minimum atomic E-state index is -0.458. The Labute approximate surface area is 57.3 Å². The van der Waals surface area contributed by atoms with E-state index in [0.29, 0.717) is 0 Å². The van der Waals surface area contributed by atoms with Crippen molar-refractivity contribution in [2.75, 3.05) is 0 Å². The molecule has 0 unspecified atom stereocenters. The molecular weight excluding hydrogens is 83.0 g/mol. The van der Waals surface area contributed by atoms with Crippen LogP contribution < -0.4 is 0 Å². The zero-order chi connectivity index (χ0) is 5.21. The van der Waals surface area contributed by atoms with E-state index >= 15 is 0 Å². The van der Waals surface area contributed by atoms with Gasteiger partial charge in [-0.2, -0.15) is 0 Å². The van der Waals surface area contributed by atoms with E-state index in [9.17, 15) is 0 Å². The van der Waals surface area contributed by atoms with Crippen molar-refractivity contribution in [1.29, 1.82) is 0 Å². The van der Waals surface area contributed by atoms with Gasteiger partial charge in [0.15, 0.2) is 0 Å². The predicted octanol–water partition coefficient (Wildman–Crippen LogP) is 0.786. The average molecular weight is 95.1 g/mol. The fraction of sp³-hybridized carbons (Fsp3) is 1.00. The van der Waals surface area contributed by atoms with Crippen LogP contribution in [0.5, 0.6) is 0 Å². The molecule has 0 saturated heterocycles. The van der Waals surface area contributed by atoms with E-state index in [2.05, 4.69) is 0 Å². The molecular formula is C5H12LiO. The van der Waals surface area contributed by atoms with Crippen molar-refractivity contribution in [1.82, 2.24) is 0 Å². The second-order valence-electron chi connectivity index (χ2n) is 2.17. The van der Waals surface area contributed by atoms with Crippen LogP contribution in [0.1, 0.15) is 27.2 Å². The predicted molar refractivity (Wildman–Crippen MR) is 32.3 cm³/mol. The molecule has 0 aromatic heterocycles. The van der Waals surface area contributed by atoms with E-state index in [1.54, 1.807) is 13.8 Å². The smallest absolute Gasteiger partial charge is 0.0589 e. The number of aliphatic hydroxyl groups is 1. The standard InChI is InChI=1S/C5H12O.Li/c1-4-5(2,3)6;/h6H,4H2,1-3H3;. The molecule has 0 aliphatic heterocycles. The molecule has 1 N–H and O–H groups in total. The molecule has 0 atom stereocenters. The van der Waals surface area contributed by atoms with Gasteiger partial charge in [-0.3, -0.25) is 0 Å². The first-order valence-corrected chi connectivity index (χ1v) is 2.28. The van der Waals surface area contributed by atoms with E-state index in [4.69, 9.17) is 5.11 Å². The number of hydrogen-bond acceptors (Lipinski definition) is 1. The summed E-state index contributed by atoms with van der Waals surface area (Å²) in [6.45, 7) is 5.56. The van der Waals surface area contributed by atoms with Gasteiger partial charge in [-0.25, -0.2) is 0 Å². The Balaban J connectivity index is 0. The van der Waals surface area contributed by atoms with Crippen molar-refractivity contribution in [2.45, 2.75) is 32.8 Å². The van der Waals surface area contributed by atoms with Crippen molar-refractivity contribution >= 4 is 18.9 Å². The molecule has 2 heteroatoms. The fourth-order valence-electron chi connectivity index (χ4n) is 0. The Bertz CT molecular complexity index is 37.8. The molecule has 0 saturated carbocycles. The summed E-state index contributed by atoms with van der Waals surface area (Å²) in [6.07, 6.45) is 0.826. The first kappa shape index (κ1) is 10.5. The SMILES string of the molecule is CCC(C)(C)O.[Li]. The number of rotatable bonds is 1. The molecule has 0 rings (SSSR count). The van der Waals surface area contributed by atoms with Crippen LogP contribution in [0.15, 0.2) is 0 Å². The Hall–Kier alpha value is 0.557. The van der Waals surface area contributed by atoms with Crippen molar-refractivity contribution in [3.63, 3.8) is 0 Å². The van der Waals surface area contributed by atoms with Gasteiger partial charge in [0.2, 0.25) is 0 Å². The van der Waals surface area contributed by atoms with Crippen LogP contribution in [0, 0.1) is 0 Å². The van der Waals surface area contributed by atoms with Crippen molar-refractivity contribution in [3.8, 4) is 0 Å². The van der Waals surface area contributed by atoms with Gasteiger partial charge in [-0.15, -0.1) is 0 Å². The second-order valence-corrected chi connectivity index (χ2v) is 2.17. The first-order valence-electron chi connectivity index (χ1n) is 2.28. The Morgan fingerprint density at radius 2 is 1.57 bits per heavy atom. The van der Waals surface area contributed by atoms with Crippen molar-refractivity contribution in [3.05, 3.63) is 0 Å². The summed E-state index contributed by atoms with van der Waals surface area (Å²) in [5, 5.41) is 8.83. The van der Waals surface area contributed by atoms with Gasteiger partial charge in [-0.05, 0) is 20.3 Å². The van der Waals surface area contributed by atoms with Crippen molar-refractivity contribution in [2.24, 2.45) is 0 Å². The Morgan fingerprint density at radius 1 is 1.43 bits per heavy atom. The maximum absolute atomic E-state index is 8.83. The normalized spacial score (nSPS) is 10.3. The average Bonchev–Trinajstić information content (AvgIpc) is 1.35. The van der Waals surface area contributed by atoms with Crippen LogP contribution in [0.4, 0.5) is 0 Å². The second kappa shape index (κ2) is 3.55. The van der Waals surface area contributed by atoms with Crippen LogP contribution in [0.3, 0.4) is 0 Å². The van der Waals surface area contributed by atoms with Gasteiger partial charge in [0.25, 0.3) is 0 Å². The van der Waals surface area contributed by atoms with Gasteiger partial charge in [-0.1, -0.05) is 6.92 Å². The van der Waals surface area contributed by atoms with E-state index in [1.165, 1.54) is 0 Å². The Morgan fingerprint density at radius 3 is 1.57 bits per heavy atom. The summed E-state index contributed by atoms with van der Waals surface area (Å²) < 4.78 is 0. The minimum Gasteiger partial charge on any atom is -0.390 e. The molecule has 0 fully saturated rings. The summed E-state index contributed by atoms with van der Waals surface area (Å²) in [5.74, 6) is 0. The summed E-state index contributed by atoms with van der Waals surface area (Å²) in [4.78, 5) is 0. The molecule has 0 aliphatic rings. The van der Waals surface area contributed by atoms with E-state index in [-0.39, 0.29) is 18.9 Å².